The monoisotopic (exact) mass is 248 g/mol. The highest BCUT2D eigenvalue weighted by molar-refractivity contribution is 7.89. The standard InChI is InChI=1S/C8H16N4O3S/c1-5(4-13)11-16(14,15)7-6(2)12(3)10-8(7)9/h5,11,13H,4H2,1-3H3,(H2,9,10)/t5-/m1/s1. The molecule has 8 heteroatoms. The van der Waals surface area contributed by atoms with E-state index in [1.54, 1.807) is 20.9 Å². The van der Waals surface area contributed by atoms with Crippen molar-refractivity contribution in [2.75, 3.05) is 12.3 Å². The fourth-order valence-corrected chi connectivity index (χ4v) is 2.87. The van der Waals surface area contributed by atoms with Crippen molar-refractivity contribution in [3.8, 4) is 0 Å². The Morgan fingerprint density at radius 1 is 1.62 bits per heavy atom. The Morgan fingerprint density at radius 2 is 2.19 bits per heavy atom. The number of aliphatic hydroxyl groups excluding tert-OH is 1. The van der Waals surface area contributed by atoms with Gasteiger partial charge in [0.1, 0.15) is 4.90 Å². The summed E-state index contributed by atoms with van der Waals surface area (Å²) >= 11 is 0. The zero-order chi connectivity index (χ0) is 12.5. The minimum Gasteiger partial charge on any atom is -0.395 e. The van der Waals surface area contributed by atoms with Crippen LogP contribution in [0.5, 0.6) is 0 Å². The lowest BCUT2D eigenvalue weighted by molar-refractivity contribution is 0.265. The second kappa shape index (κ2) is 4.40. The summed E-state index contributed by atoms with van der Waals surface area (Å²) in [4.78, 5) is -0.0321. The first-order valence-corrected chi connectivity index (χ1v) is 6.20. The largest absolute Gasteiger partial charge is 0.395 e. The minimum atomic E-state index is -3.73. The predicted octanol–water partition coefficient (Wildman–Crippen LogP) is -1.03. The van der Waals surface area contributed by atoms with Crippen LogP contribution >= 0.6 is 0 Å². The second-order valence-corrected chi connectivity index (χ2v) is 5.28. The Balaban J connectivity index is 3.17. The van der Waals surface area contributed by atoms with Crippen molar-refractivity contribution < 1.29 is 13.5 Å². The molecule has 16 heavy (non-hydrogen) atoms. The van der Waals surface area contributed by atoms with Crippen LogP contribution in [0, 0.1) is 6.92 Å². The molecule has 1 aromatic rings. The molecule has 0 aliphatic heterocycles. The average molecular weight is 248 g/mol. The highest BCUT2D eigenvalue weighted by atomic mass is 32.2. The maximum absolute atomic E-state index is 11.9. The van der Waals surface area contributed by atoms with Crippen molar-refractivity contribution in [3.63, 3.8) is 0 Å². The van der Waals surface area contributed by atoms with Crippen LogP contribution in [0.15, 0.2) is 4.90 Å². The van der Waals surface area contributed by atoms with Gasteiger partial charge in [0, 0.05) is 13.1 Å². The SMILES string of the molecule is Cc1c(S(=O)(=O)N[C@H](C)CO)c(N)nn1C. The number of aryl methyl sites for hydroxylation is 1. The third-order valence-corrected chi connectivity index (χ3v) is 3.96. The van der Waals surface area contributed by atoms with E-state index in [0.29, 0.717) is 5.69 Å². The zero-order valence-electron chi connectivity index (χ0n) is 9.43. The molecule has 4 N–H and O–H groups in total. The molecule has 92 valence electrons. The number of hydrogen-bond acceptors (Lipinski definition) is 5. The van der Waals surface area contributed by atoms with Gasteiger partial charge in [-0.15, -0.1) is 0 Å². The van der Waals surface area contributed by atoms with E-state index < -0.39 is 16.1 Å². The molecule has 0 radical (unpaired) electrons. The van der Waals surface area contributed by atoms with Gasteiger partial charge < -0.3 is 10.8 Å². The summed E-state index contributed by atoms with van der Waals surface area (Å²) in [6.45, 7) is 2.89. The number of aliphatic hydroxyl groups is 1. The fourth-order valence-electron chi connectivity index (χ4n) is 1.31. The summed E-state index contributed by atoms with van der Waals surface area (Å²) in [5.74, 6) is -0.0439. The second-order valence-electron chi connectivity index (χ2n) is 3.63. The highest BCUT2D eigenvalue weighted by Crippen LogP contribution is 2.20. The fraction of sp³-hybridized carbons (Fsp3) is 0.625. The third kappa shape index (κ3) is 2.34. The summed E-state index contributed by atoms with van der Waals surface area (Å²) in [5.41, 5.74) is 5.99. The maximum atomic E-state index is 11.9. The van der Waals surface area contributed by atoms with Gasteiger partial charge in [0.25, 0.3) is 0 Å². The molecule has 0 fully saturated rings. The number of hydrogen-bond donors (Lipinski definition) is 3. The van der Waals surface area contributed by atoms with Crippen molar-refractivity contribution >= 4 is 15.8 Å². The van der Waals surface area contributed by atoms with Gasteiger partial charge in [-0.3, -0.25) is 4.68 Å². The van der Waals surface area contributed by atoms with Crippen LogP contribution < -0.4 is 10.5 Å². The van der Waals surface area contributed by atoms with Gasteiger partial charge in [-0.25, -0.2) is 13.1 Å². The molecule has 0 bridgehead atoms. The lowest BCUT2D eigenvalue weighted by Crippen LogP contribution is -2.35. The van der Waals surface area contributed by atoms with Crippen LogP contribution in [0.1, 0.15) is 12.6 Å². The topological polar surface area (TPSA) is 110 Å². The lowest BCUT2D eigenvalue weighted by atomic mass is 10.4. The van der Waals surface area contributed by atoms with Crippen molar-refractivity contribution in [1.29, 1.82) is 0 Å². The first kappa shape index (κ1) is 12.9. The van der Waals surface area contributed by atoms with Crippen LogP contribution in [0.2, 0.25) is 0 Å². The Labute approximate surface area is 94.3 Å². The molecule has 0 amide bonds. The molecule has 0 aliphatic rings. The Kier molecular flexibility index (Phi) is 3.56. The molecular weight excluding hydrogens is 232 g/mol. The molecule has 0 saturated carbocycles. The number of aromatic nitrogens is 2. The number of rotatable bonds is 4. The number of sulfonamides is 1. The van der Waals surface area contributed by atoms with E-state index in [2.05, 4.69) is 9.82 Å². The number of anilines is 1. The lowest BCUT2D eigenvalue weighted by Gasteiger charge is -2.11. The van der Waals surface area contributed by atoms with Crippen molar-refractivity contribution in [3.05, 3.63) is 5.69 Å². The molecule has 1 atom stereocenters. The molecule has 0 saturated heterocycles. The molecule has 0 aliphatic carbocycles. The van der Waals surface area contributed by atoms with Gasteiger partial charge in [0.05, 0.1) is 12.3 Å². The van der Waals surface area contributed by atoms with E-state index in [1.807, 2.05) is 0 Å². The molecule has 1 rings (SSSR count). The summed E-state index contributed by atoms with van der Waals surface area (Å²) < 4.78 is 27.5. The molecular formula is C8H16N4O3S. The molecule has 1 heterocycles. The Morgan fingerprint density at radius 3 is 2.56 bits per heavy atom. The summed E-state index contributed by atoms with van der Waals surface area (Å²) in [6.07, 6.45) is 0. The quantitative estimate of drug-likeness (QED) is 0.631. The average Bonchev–Trinajstić information content (AvgIpc) is 2.40. The van der Waals surface area contributed by atoms with Gasteiger partial charge in [-0.2, -0.15) is 5.10 Å². The third-order valence-electron chi connectivity index (χ3n) is 2.20. The number of nitrogen functional groups attached to an aromatic ring is 1. The highest BCUT2D eigenvalue weighted by Gasteiger charge is 2.25. The Hall–Kier alpha value is -1.12. The summed E-state index contributed by atoms with van der Waals surface area (Å²) in [5, 5.41) is 12.6. The smallest absolute Gasteiger partial charge is 0.246 e. The van der Waals surface area contributed by atoms with E-state index in [-0.39, 0.29) is 17.3 Å². The van der Waals surface area contributed by atoms with Gasteiger partial charge in [-0.05, 0) is 13.8 Å². The van der Waals surface area contributed by atoms with E-state index in [1.165, 1.54) is 4.68 Å². The first-order valence-electron chi connectivity index (χ1n) is 4.72. The molecule has 0 aromatic carbocycles. The summed E-state index contributed by atoms with van der Waals surface area (Å²) in [7, 11) is -2.12. The Bertz CT molecular complexity index is 480. The van der Waals surface area contributed by atoms with Gasteiger partial charge in [0.15, 0.2) is 5.82 Å². The van der Waals surface area contributed by atoms with Crippen molar-refractivity contribution in [2.45, 2.75) is 24.8 Å². The van der Waals surface area contributed by atoms with Gasteiger partial charge >= 0.3 is 0 Å². The first-order chi connectivity index (χ1) is 7.29. The predicted molar refractivity (Wildman–Crippen MR) is 59.2 cm³/mol. The van der Waals surface area contributed by atoms with Crippen LogP contribution in [-0.4, -0.2) is 36.0 Å². The number of nitrogens with zero attached hydrogens (tertiary/aromatic N) is 2. The van der Waals surface area contributed by atoms with E-state index in [9.17, 15) is 8.42 Å². The van der Waals surface area contributed by atoms with E-state index >= 15 is 0 Å². The van der Waals surface area contributed by atoms with Crippen LogP contribution in [-0.2, 0) is 17.1 Å². The maximum Gasteiger partial charge on any atom is 0.246 e. The van der Waals surface area contributed by atoms with Crippen LogP contribution in [0.3, 0.4) is 0 Å². The minimum absolute atomic E-state index is 0.0321. The number of nitrogens with one attached hydrogen (secondary N) is 1. The molecule has 1 aromatic heterocycles. The van der Waals surface area contributed by atoms with Crippen molar-refractivity contribution in [2.24, 2.45) is 7.05 Å². The van der Waals surface area contributed by atoms with E-state index in [4.69, 9.17) is 10.8 Å². The van der Waals surface area contributed by atoms with Gasteiger partial charge in [-0.1, -0.05) is 0 Å². The van der Waals surface area contributed by atoms with Crippen LogP contribution in [0.4, 0.5) is 5.82 Å². The van der Waals surface area contributed by atoms with Crippen LogP contribution in [0.25, 0.3) is 0 Å². The van der Waals surface area contributed by atoms with Crippen molar-refractivity contribution in [1.82, 2.24) is 14.5 Å². The normalized spacial score (nSPS) is 14.0. The molecule has 7 nitrogen and oxygen atoms in total. The molecule has 0 unspecified atom stereocenters. The zero-order valence-corrected chi connectivity index (χ0v) is 10.2. The molecule has 0 spiro atoms. The van der Waals surface area contributed by atoms with E-state index in [0.717, 1.165) is 0 Å². The number of nitrogens with two attached hydrogens (primary N) is 1. The van der Waals surface area contributed by atoms with Gasteiger partial charge in [0.2, 0.25) is 10.0 Å². The summed E-state index contributed by atoms with van der Waals surface area (Å²) in [6, 6.07) is -0.566.